The van der Waals surface area contributed by atoms with E-state index in [1.807, 2.05) is 62.4 Å². The molecule has 7 heteroatoms. The number of nitrogens with zero attached hydrogens (tertiary/aromatic N) is 1. The fourth-order valence-electron chi connectivity index (χ4n) is 5.41. The van der Waals surface area contributed by atoms with Crippen LogP contribution < -0.4 is 16.0 Å². The largest absolute Gasteiger partial charge is 0.343 e. The van der Waals surface area contributed by atoms with Crippen LogP contribution in [0.25, 0.3) is 0 Å². The summed E-state index contributed by atoms with van der Waals surface area (Å²) in [6.07, 6.45) is 10.5. The molecule has 0 saturated heterocycles. The molecule has 3 rings (SSSR count). The van der Waals surface area contributed by atoms with E-state index in [1.165, 1.54) is 36.8 Å². The molecule has 41 heavy (non-hydrogen) atoms. The first-order chi connectivity index (χ1) is 20.0. The zero-order valence-corrected chi connectivity index (χ0v) is 28.1. The first-order valence-electron chi connectivity index (χ1n) is 16.4. The van der Waals surface area contributed by atoms with Gasteiger partial charge < -0.3 is 25.6 Å². The molecule has 0 aromatic heterocycles. The zero-order valence-electron chi connectivity index (χ0n) is 28.1. The topological polar surface area (TPSA) is 90.5 Å². The van der Waals surface area contributed by atoms with E-state index in [-0.39, 0.29) is 24.3 Å². The molecule has 2 aliphatic rings. The van der Waals surface area contributed by atoms with E-state index in [9.17, 15) is 14.4 Å². The number of rotatable bonds is 10. The highest BCUT2D eigenvalue weighted by Gasteiger charge is 2.35. The van der Waals surface area contributed by atoms with Gasteiger partial charge in [0.2, 0.25) is 11.8 Å². The number of nitrogens with one attached hydrogen (secondary N) is 3. The van der Waals surface area contributed by atoms with Crippen LogP contribution in [0.3, 0.4) is 0 Å². The molecule has 1 aromatic rings. The van der Waals surface area contributed by atoms with Gasteiger partial charge >= 0.3 is 0 Å². The lowest BCUT2D eigenvalue weighted by molar-refractivity contribution is -0.141. The van der Waals surface area contributed by atoms with Gasteiger partial charge in [-0.05, 0) is 76.6 Å². The third kappa shape index (κ3) is 14.5. The van der Waals surface area contributed by atoms with Crippen LogP contribution in [0.5, 0.6) is 0 Å². The van der Waals surface area contributed by atoms with Gasteiger partial charge in [0.1, 0.15) is 12.3 Å². The van der Waals surface area contributed by atoms with Gasteiger partial charge in [0, 0.05) is 12.6 Å². The quantitative estimate of drug-likeness (QED) is 0.278. The second-order valence-electron chi connectivity index (χ2n) is 9.64. The van der Waals surface area contributed by atoms with Gasteiger partial charge in [0.25, 0.3) is 0 Å². The van der Waals surface area contributed by atoms with Crippen molar-refractivity contribution in [3.63, 3.8) is 0 Å². The Bertz CT molecular complexity index is 796. The van der Waals surface area contributed by atoms with Gasteiger partial charge in [-0.2, -0.15) is 0 Å². The first kappa shape index (κ1) is 40.9. The number of amides is 2. The van der Waals surface area contributed by atoms with Crippen molar-refractivity contribution >= 4 is 18.1 Å². The van der Waals surface area contributed by atoms with Crippen molar-refractivity contribution in [1.82, 2.24) is 20.9 Å². The molecule has 3 unspecified atom stereocenters. The average molecular weight is 577 g/mol. The van der Waals surface area contributed by atoms with Crippen molar-refractivity contribution in [3.05, 3.63) is 35.4 Å². The van der Waals surface area contributed by atoms with E-state index in [4.69, 9.17) is 0 Å². The maximum Gasteiger partial charge on any atom is 0.246 e. The molecule has 2 amide bonds. The van der Waals surface area contributed by atoms with Gasteiger partial charge in [-0.1, -0.05) is 92.0 Å². The summed E-state index contributed by atoms with van der Waals surface area (Å²) in [6.45, 7) is 16.4. The number of carbonyl (C=O) groups is 3. The Labute approximate surface area is 253 Å². The third-order valence-electron chi connectivity index (χ3n) is 7.36. The Kier molecular flexibility index (Phi) is 26.6. The van der Waals surface area contributed by atoms with E-state index < -0.39 is 12.1 Å². The minimum atomic E-state index is -0.523. The van der Waals surface area contributed by atoms with Gasteiger partial charge in [-0.25, -0.2) is 0 Å². The molecule has 0 heterocycles. The summed E-state index contributed by atoms with van der Waals surface area (Å²) in [7, 11) is 3.75. The minimum absolute atomic E-state index is 0.122. The molecule has 238 valence electrons. The van der Waals surface area contributed by atoms with Crippen molar-refractivity contribution in [3.8, 4) is 0 Å². The van der Waals surface area contributed by atoms with Crippen molar-refractivity contribution in [1.29, 1.82) is 0 Å². The second-order valence-corrected chi connectivity index (χ2v) is 9.64. The van der Waals surface area contributed by atoms with Gasteiger partial charge in [0.05, 0.1) is 12.6 Å². The average Bonchev–Trinajstić information content (AvgIpc) is 3.05. The molecular formula is C34H64N4O3. The third-order valence-corrected chi connectivity index (χ3v) is 7.36. The summed E-state index contributed by atoms with van der Waals surface area (Å²) in [5.74, 6) is -0.135. The normalized spacial score (nSPS) is 17.0. The summed E-state index contributed by atoms with van der Waals surface area (Å²) in [4.78, 5) is 37.9. The van der Waals surface area contributed by atoms with Crippen LogP contribution in [-0.2, 0) is 20.8 Å². The smallest absolute Gasteiger partial charge is 0.246 e. The maximum absolute atomic E-state index is 13.0. The number of aldehydes is 1. The predicted molar refractivity (Wildman–Crippen MR) is 175 cm³/mol. The Hall–Kier alpha value is -2.25. The maximum atomic E-state index is 13.0. The van der Waals surface area contributed by atoms with Crippen LogP contribution in [0.4, 0.5) is 0 Å². The number of hydrogen-bond donors (Lipinski definition) is 3. The van der Waals surface area contributed by atoms with E-state index in [1.54, 1.807) is 11.9 Å². The number of aryl methyl sites for hydroxylation is 1. The molecule has 0 spiro atoms. The molecule has 0 aliphatic heterocycles. The molecule has 7 nitrogen and oxygen atoms in total. The number of benzene rings is 1. The first-order valence-corrected chi connectivity index (χ1v) is 16.4. The van der Waals surface area contributed by atoms with Crippen molar-refractivity contribution < 1.29 is 14.4 Å². The standard InChI is InChI=1S/C17H31N3O3.C11H15N.3C2H6/c1-4-14(12-21)20(5-2)17(23)16(19-15(22)11-18-3)13-9-7-6-8-10-13;1-12-11-8-4-6-9-5-2-3-7-10(9)11;3*1-2/h12-14,16,18H,4-11H2,1-3H3,(H,19,22);2-3,5,7,11-12H,4,6,8H2,1H3;3*1-2H3. The van der Waals surface area contributed by atoms with Gasteiger partial charge in [-0.15, -0.1) is 0 Å². The predicted octanol–water partition coefficient (Wildman–Crippen LogP) is 6.46. The molecule has 0 radical (unpaired) electrons. The SMILES string of the molecule is CC.CC.CC.CCC(C=O)N(CC)C(=O)C(NC(=O)CNC)C1CCCCC1.CNC1CCCc2ccccc21. The molecule has 1 saturated carbocycles. The molecule has 1 aromatic carbocycles. The highest BCUT2D eigenvalue weighted by molar-refractivity contribution is 5.90. The summed E-state index contributed by atoms with van der Waals surface area (Å²) >= 11 is 0. The van der Waals surface area contributed by atoms with E-state index in [0.717, 1.165) is 32.0 Å². The lowest BCUT2D eigenvalue weighted by Crippen LogP contribution is -2.56. The highest BCUT2D eigenvalue weighted by atomic mass is 16.2. The molecular weight excluding hydrogens is 512 g/mol. The van der Waals surface area contributed by atoms with Crippen molar-refractivity contribution in [2.24, 2.45) is 5.92 Å². The Morgan fingerprint density at radius 2 is 1.54 bits per heavy atom. The highest BCUT2D eigenvalue weighted by Crippen LogP contribution is 2.29. The Balaban J connectivity index is 0. The van der Waals surface area contributed by atoms with Crippen LogP contribution in [0, 0.1) is 5.92 Å². The van der Waals surface area contributed by atoms with E-state index in [0.29, 0.717) is 19.0 Å². The minimum Gasteiger partial charge on any atom is -0.343 e. The molecule has 2 aliphatic carbocycles. The monoisotopic (exact) mass is 576 g/mol. The van der Waals surface area contributed by atoms with Crippen LogP contribution >= 0.6 is 0 Å². The number of hydrogen-bond acceptors (Lipinski definition) is 5. The van der Waals surface area contributed by atoms with Crippen LogP contribution in [0.1, 0.15) is 124 Å². The van der Waals surface area contributed by atoms with Crippen LogP contribution in [0.15, 0.2) is 24.3 Å². The summed E-state index contributed by atoms with van der Waals surface area (Å²) in [6, 6.07) is 8.42. The van der Waals surface area contributed by atoms with E-state index >= 15 is 0 Å². The number of likely N-dealkylation sites (N-methyl/N-ethyl adjacent to an activating group) is 2. The number of carbonyl (C=O) groups excluding carboxylic acids is 3. The second kappa shape index (κ2) is 26.6. The molecule has 3 atom stereocenters. The fourth-order valence-corrected chi connectivity index (χ4v) is 5.41. The van der Waals surface area contributed by atoms with Crippen molar-refractivity contribution in [2.45, 2.75) is 131 Å². The summed E-state index contributed by atoms with van der Waals surface area (Å²) in [5.41, 5.74) is 3.04. The fraction of sp³-hybridized carbons (Fsp3) is 0.735. The summed E-state index contributed by atoms with van der Waals surface area (Å²) < 4.78 is 0. The number of fused-ring (bicyclic) bond motifs is 1. The van der Waals surface area contributed by atoms with Crippen molar-refractivity contribution in [2.75, 3.05) is 27.2 Å². The molecule has 3 N–H and O–H groups in total. The van der Waals surface area contributed by atoms with Crippen LogP contribution in [-0.4, -0.2) is 62.3 Å². The molecule has 0 bridgehead atoms. The Morgan fingerprint density at radius 3 is 2.05 bits per heavy atom. The lowest BCUT2D eigenvalue weighted by Gasteiger charge is -2.35. The summed E-state index contributed by atoms with van der Waals surface area (Å²) in [5, 5.41) is 9.07. The molecule has 1 fully saturated rings. The van der Waals surface area contributed by atoms with Gasteiger partial charge in [-0.3, -0.25) is 9.59 Å². The van der Waals surface area contributed by atoms with E-state index in [2.05, 4.69) is 40.2 Å². The lowest BCUT2D eigenvalue weighted by atomic mass is 9.83. The Morgan fingerprint density at radius 1 is 0.927 bits per heavy atom. The zero-order chi connectivity index (χ0) is 31.6. The van der Waals surface area contributed by atoms with Crippen LogP contribution in [0.2, 0.25) is 0 Å². The van der Waals surface area contributed by atoms with Gasteiger partial charge in [0.15, 0.2) is 0 Å².